The molecule has 0 saturated carbocycles. The van der Waals surface area contributed by atoms with Crippen LogP contribution in [0.1, 0.15) is 12.8 Å². The van der Waals surface area contributed by atoms with Crippen LogP contribution in [0.15, 0.2) is 30.3 Å². The topological polar surface area (TPSA) is 93.2 Å². The molecule has 9 heteroatoms. The molecule has 1 amide bonds. The van der Waals surface area contributed by atoms with E-state index in [1.54, 1.807) is 0 Å². The zero-order valence-corrected chi connectivity index (χ0v) is 16.9. The molecule has 2 aliphatic heterocycles. The summed E-state index contributed by atoms with van der Waals surface area (Å²) in [5.41, 5.74) is -0.148. The Bertz CT molecular complexity index is 793. The molecule has 154 valence electrons. The van der Waals surface area contributed by atoms with E-state index in [9.17, 15) is 18.0 Å². The summed E-state index contributed by atoms with van der Waals surface area (Å²) in [6.45, 7) is 1.45. The number of carbonyl (C=O) groups is 2. The first-order chi connectivity index (χ1) is 13.4. The first-order valence-electron chi connectivity index (χ1n) is 9.22. The summed E-state index contributed by atoms with van der Waals surface area (Å²) < 4.78 is 34.0. The summed E-state index contributed by atoms with van der Waals surface area (Å²) in [6.07, 6.45) is 1.94. The number of nitrogens with zero attached hydrogens (tertiary/aromatic N) is 2. The number of amides is 1. The van der Waals surface area contributed by atoms with E-state index < -0.39 is 27.4 Å². The zero-order valence-electron chi connectivity index (χ0n) is 16.1. The van der Waals surface area contributed by atoms with Crippen LogP contribution in [0.25, 0.3) is 0 Å². The number of benzene rings is 1. The molecule has 8 nitrogen and oxygen atoms in total. The van der Waals surface area contributed by atoms with Crippen LogP contribution < -0.4 is 4.90 Å². The van der Waals surface area contributed by atoms with Crippen molar-refractivity contribution < 1.29 is 27.5 Å². The van der Waals surface area contributed by atoms with Crippen molar-refractivity contribution >= 4 is 27.9 Å². The third-order valence-electron chi connectivity index (χ3n) is 5.69. The number of hydrogen-bond acceptors (Lipinski definition) is 7. The van der Waals surface area contributed by atoms with E-state index in [1.165, 1.54) is 19.1 Å². The SMILES string of the molecule is COC(=O)C(N(C=O)C1CCN(c2ccccc2)CC1)C1(OC)CS(=O)(=O)C1. The maximum atomic E-state index is 12.5. The van der Waals surface area contributed by atoms with E-state index in [-0.39, 0.29) is 17.5 Å². The molecule has 3 rings (SSSR count). The number of carbonyl (C=O) groups excluding carboxylic acids is 2. The summed E-state index contributed by atoms with van der Waals surface area (Å²) in [5.74, 6) is -1.26. The molecule has 2 aliphatic rings. The van der Waals surface area contributed by atoms with Crippen molar-refractivity contribution in [3.05, 3.63) is 30.3 Å². The highest BCUT2D eigenvalue weighted by molar-refractivity contribution is 7.93. The Morgan fingerprint density at radius 1 is 1.21 bits per heavy atom. The monoisotopic (exact) mass is 410 g/mol. The lowest BCUT2D eigenvalue weighted by Crippen LogP contribution is -2.71. The molecule has 28 heavy (non-hydrogen) atoms. The van der Waals surface area contributed by atoms with Crippen molar-refractivity contribution in [1.29, 1.82) is 0 Å². The molecule has 0 spiro atoms. The molecule has 1 aromatic carbocycles. The van der Waals surface area contributed by atoms with Gasteiger partial charge in [-0.1, -0.05) is 18.2 Å². The largest absolute Gasteiger partial charge is 0.467 e. The lowest BCUT2D eigenvalue weighted by molar-refractivity contribution is -0.165. The third-order valence-corrected chi connectivity index (χ3v) is 7.54. The van der Waals surface area contributed by atoms with Crippen molar-refractivity contribution in [3.8, 4) is 0 Å². The van der Waals surface area contributed by atoms with Gasteiger partial charge in [-0.05, 0) is 25.0 Å². The van der Waals surface area contributed by atoms with Crippen LogP contribution >= 0.6 is 0 Å². The second-order valence-electron chi connectivity index (χ2n) is 7.33. The molecular formula is C19H26N2O6S. The Hall–Kier alpha value is -2.13. The van der Waals surface area contributed by atoms with E-state index in [0.29, 0.717) is 19.3 Å². The molecule has 0 N–H and O–H groups in total. The standard InChI is InChI=1S/C19H26N2O6S/c1-26-18(23)17(19(27-2)12-28(24,25)13-19)21(14-22)16-8-10-20(11-9-16)15-6-4-3-5-7-15/h3-7,14,16-17H,8-13H2,1-2H3. The maximum absolute atomic E-state index is 12.5. The molecule has 2 saturated heterocycles. The predicted octanol–water partition coefficient (Wildman–Crippen LogP) is 0.469. The van der Waals surface area contributed by atoms with Gasteiger partial charge in [-0.25, -0.2) is 13.2 Å². The Labute approximate surface area is 165 Å². The third kappa shape index (κ3) is 3.86. The van der Waals surface area contributed by atoms with Crippen LogP contribution in [0.2, 0.25) is 0 Å². The highest BCUT2D eigenvalue weighted by Gasteiger charge is 2.60. The summed E-state index contributed by atoms with van der Waals surface area (Å²) in [4.78, 5) is 28.2. The Morgan fingerprint density at radius 2 is 1.82 bits per heavy atom. The smallest absolute Gasteiger partial charge is 0.331 e. The van der Waals surface area contributed by atoms with Crippen molar-refractivity contribution in [1.82, 2.24) is 4.90 Å². The van der Waals surface area contributed by atoms with Gasteiger partial charge in [0.05, 0.1) is 18.6 Å². The van der Waals surface area contributed by atoms with Crippen LogP contribution in [0.4, 0.5) is 5.69 Å². The average Bonchev–Trinajstić information content (AvgIpc) is 2.70. The van der Waals surface area contributed by atoms with Gasteiger partial charge >= 0.3 is 5.97 Å². The summed E-state index contributed by atoms with van der Waals surface area (Å²) in [5, 5.41) is 0. The number of anilines is 1. The van der Waals surface area contributed by atoms with Gasteiger partial charge in [0.15, 0.2) is 15.9 Å². The minimum absolute atomic E-state index is 0.197. The van der Waals surface area contributed by atoms with Crippen LogP contribution in [0.3, 0.4) is 0 Å². The Morgan fingerprint density at radius 3 is 2.29 bits per heavy atom. The fourth-order valence-corrected chi connectivity index (χ4v) is 6.18. The number of sulfone groups is 1. The summed E-state index contributed by atoms with van der Waals surface area (Å²) in [7, 11) is -0.693. The fraction of sp³-hybridized carbons (Fsp3) is 0.579. The maximum Gasteiger partial charge on any atom is 0.331 e. The molecule has 1 atom stereocenters. The highest BCUT2D eigenvalue weighted by Crippen LogP contribution is 2.36. The van der Waals surface area contributed by atoms with E-state index in [2.05, 4.69) is 4.90 Å². The lowest BCUT2D eigenvalue weighted by Gasteiger charge is -2.49. The van der Waals surface area contributed by atoms with Crippen LogP contribution in [-0.4, -0.2) is 82.2 Å². The molecule has 0 bridgehead atoms. The van der Waals surface area contributed by atoms with Crippen LogP contribution in [0.5, 0.6) is 0 Å². The number of ether oxygens (including phenoxy) is 2. The van der Waals surface area contributed by atoms with Crippen LogP contribution in [-0.2, 0) is 28.9 Å². The van der Waals surface area contributed by atoms with E-state index >= 15 is 0 Å². The van der Waals surface area contributed by atoms with E-state index in [0.717, 1.165) is 18.8 Å². The number of piperidine rings is 1. The van der Waals surface area contributed by atoms with Crippen molar-refractivity contribution in [2.75, 3.05) is 43.7 Å². The van der Waals surface area contributed by atoms with Gasteiger partial charge < -0.3 is 19.3 Å². The molecule has 2 fully saturated rings. The minimum atomic E-state index is -3.29. The number of esters is 1. The number of rotatable bonds is 7. The lowest BCUT2D eigenvalue weighted by atomic mass is 9.92. The number of methoxy groups -OCH3 is 2. The number of para-hydroxylation sites is 1. The van der Waals surface area contributed by atoms with Crippen LogP contribution in [0, 0.1) is 0 Å². The van der Waals surface area contributed by atoms with Gasteiger partial charge in [-0.3, -0.25) is 4.79 Å². The van der Waals surface area contributed by atoms with Gasteiger partial charge in [0.2, 0.25) is 6.41 Å². The summed E-state index contributed by atoms with van der Waals surface area (Å²) >= 11 is 0. The minimum Gasteiger partial charge on any atom is -0.467 e. The van der Waals surface area contributed by atoms with Gasteiger partial charge in [0.1, 0.15) is 5.60 Å². The van der Waals surface area contributed by atoms with E-state index in [1.807, 2.05) is 30.3 Å². The second-order valence-corrected chi connectivity index (χ2v) is 9.40. The molecule has 1 aromatic rings. The quantitative estimate of drug-likeness (QED) is 0.476. The molecule has 0 aromatic heterocycles. The molecular weight excluding hydrogens is 384 g/mol. The van der Waals surface area contributed by atoms with Gasteiger partial charge in [-0.15, -0.1) is 0 Å². The molecule has 0 aliphatic carbocycles. The highest BCUT2D eigenvalue weighted by atomic mass is 32.2. The predicted molar refractivity (Wildman–Crippen MR) is 104 cm³/mol. The van der Waals surface area contributed by atoms with Crippen molar-refractivity contribution in [2.45, 2.75) is 30.5 Å². The first kappa shape index (κ1) is 20.6. The molecule has 1 unspecified atom stereocenters. The van der Waals surface area contributed by atoms with Gasteiger partial charge in [0.25, 0.3) is 0 Å². The fourth-order valence-electron chi connectivity index (χ4n) is 4.23. The van der Waals surface area contributed by atoms with Gasteiger partial charge in [0, 0.05) is 31.9 Å². The van der Waals surface area contributed by atoms with Crippen molar-refractivity contribution in [3.63, 3.8) is 0 Å². The zero-order chi connectivity index (χ0) is 20.4. The Balaban J connectivity index is 1.78. The average molecular weight is 410 g/mol. The van der Waals surface area contributed by atoms with Gasteiger partial charge in [-0.2, -0.15) is 0 Å². The molecule has 2 heterocycles. The first-order valence-corrected chi connectivity index (χ1v) is 11.0. The van der Waals surface area contributed by atoms with Crippen molar-refractivity contribution in [2.24, 2.45) is 0 Å². The second kappa shape index (κ2) is 8.08. The molecule has 0 radical (unpaired) electrons. The number of hydrogen-bond donors (Lipinski definition) is 0. The van der Waals surface area contributed by atoms with E-state index in [4.69, 9.17) is 9.47 Å². The Kier molecular flexibility index (Phi) is 5.95. The normalized spacial score (nSPS) is 22.0. The summed E-state index contributed by atoms with van der Waals surface area (Å²) in [6, 6.07) is 8.70.